The molecule has 1 unspecified atom stereocenters. The van der Waals surface area contributed by atoms with Crippen LogP contribution >= 0.6 is 0 Å². The van der Waals surface area contributed by atoms with E-state index in [1.165, 1.54) is 22.3 Å². The van der Waals surface area contributed by atoms with Gasteiger partial charge < -0.3 is 20.5 Å². The van der Waals surface area contributed by atoms with Crippen molar-refractivity contribution in [2.75, 3.05) is 13.2 Å². The number of carbonyl (C=O) groups excluding carboxylic acids is 2. The molecule has 0 bridgehead atoms. The fraction of sp³-hybridized carbons (Fsp3) is 0.464. The van der Waals surface area contributed by atoms with Gasteiger partial charge in [0, 0.05) is 24.9 Å². The van der Waals surface area contributed by atoms with Gasteiger partial charge in [-0.1, -0.05) is 68.8 Å². The zero-order valence-electron chi connectivity index (χ0n) is 20.6. The summed E-state index contributed by atoms with van der Waals surface area (Å²) in [6.07, 6.45) is 2.77. The van der Waals surface area contributed by atoms with E-state index in [2.05, 4.69) is 41.8 Å². The van der Waals surface area contributed by atoms with E-state index in [-0.39, 0.29) is 36.8 Å². The lowest BCUT2D eigenvalue weighted by molar-refractivity contribution is -0.137. The number of amides is 2. The van der Waals surface area contributed by atoms with E-state index in [4.69, 9.17) is 9.84 Å². The zero-order chi connectivity index (χ0) is 25.2. The van der Waals surface area contributed by atoms with Crippen molar-refractivity contribution in [3.63, 3.8) is 0 Å². The van der Waals surface area contributed by atoms with Crippen molar-refractivity contribution in [3.8, 4) is 11.1 Å². The van der Waals surface area contributed by atoms with E-state index in [9.17, 15) is 14.4 Å². The molecule has 7 heteroatoms. The molecule has 35 heavy (non-hydrogen) atoms. The molecule has 1 aliphatic carbocycles. The minimum atomic E-state index is -0.914. The number of ether oxygens (including phenoxy) is 1. The summed E-state index contributed by atoms with van der Waals surface area (Å²) in [5.41, 5.74) is 4.75. The summed E-state index contributed by atoms with van der Waals surface area (Å²) >= 11 is 0. The summed E-state index contributed by atoms with van der Waals surface area (Å²) in [6.45, 7) is 4.69. The molecule has 3 rings (SSSR count). The molecule has 2 atom stereocenters. The van der Waals surface area contributed by atoms with E-state index < -0.39 is 12.1 Å². The van der Waals surface area contributed by atoms with Gasteiger partial charge in [0.15, 0.2) is 0 Å². The molecular weight excluding hydrogens is 444 g/mol. The Morgan fingerprint density at radius 1 is 0.943 bits per heavy atom. The Hall–Kier alpha value is -3.35. The van der Waals surface area contributed by atoms with Gasteiger partial charge in [0.25, 0.3) is 0 Å². The van der Waals surface area contributed by atoms with Crippen LogP contribution in [0.5, 0.6) is 0 Å². The van der Waals surface area contributed by atoms with Gasteiger partial charge in [0.2, 0.25) is 5.91 Å². The number of aliphatic carboxylic acids is 1. The van der Waals surface area contributed by atoms with E-state index in [0.717, 1.165) is 12.8 Å². The standard InChI is InChI=1S/C28H36N2O5/c1-3-19(13-14-26(31)30-20(4-2)17-27(32)33)15-16-29-28(34)35-18-25-23-11-7-5-9-21(23)22-10-6-8-12-24(22)25/h5-12,19-20,25H,3-4,13-18H2,1-2H3,(H,29,34)(H,30,31)(H,32,33)/t19?,20-/m0/s1. The van der Waals surface area contributed by atoms with Gasteiger partial charge in [-0.15, -0.1) is 0 Å². The number of alkyl carbamates (subject to hydrolysis) is 1. The number of hydrogen-bond acceptors (Lipinski definition) is 4. The summed E-state index contributed by atoms with van der Waals surface area (Å²) in [7, 11) is 0. The molecule has 1 aliphatic rings. The molecule has 0 heterocycles. The van der Waals surface area contributed by atoms with E-state index in [1.807, 2.05) is 31.2 Å². The highest BCUT2D eigenvalue weighted by atomic mass is 16.5. The Labute approximate surface area is 207 Å². The number of nitrogens with one attached hydrogen (secondary N) is 2. The lowest BCUT2D eigenvalue weighted by atomic mass is 9.96. The van der Waals surface area contributed by atoms with Crippen LogP contribution in [-0.2, 0) is 14.3 Å². The number of carbonyl (C=O) groups is 3. The normalized spacial score (nSPS) is 13.9. The minimum absolute atomic E-state index is 0.0307. The van der Waals surface area contributed by atoms with E-state index in [1.54, 1.807) is 0 Å². The molecule has 2 aromatic carbocycles. The van der Waals surface area contributed by atoms with Crippen LogP contribution in [-0.4, -0.2) is 42.3 Å². The summed E-state index contributed by atoms with van der Waals surface area (Å²) in [6, 6.07) is 16.1. The van der Waals surface area contributed by atoms with Crippen molar-refractivity contribution in [1.29, 1.82) is 0 Å². The maximum absolute atomic E-state index is 12.4. The third-order valence-electron chi connectivity index (χ3n) is 6.80. The first-order valence-electron chi connectivity index (χ1n) is 12.5. The quantitative estimate of drug-likeness (QED) is 0.370. The highest BCUT2D eigenvalue weighted by Crippen LogP contribution is 2.44. The van der Waals surface area contributed by atoms with Gasteiger partial charge >= 0.3 is 12.1 Å². The Balaban J connectivity index is 1.40. The topological polar surface area (TPSA) is 105 Å². The maximum Gasteiger partial charge on any atom is 0.407 e. The number of fused-ring (bicyclic) bond motifs is 3. The van der Waals surface area contributed by atoms with Gasteiger partial charge in [0.1, 0.15) is 6.61 Å². The van der Waals surface area contributed by atoms with Gasteiger partial charge in [-0.25, -0.2) is 4.79 Å². The monoisotopic (exact) mass is 480 g/mol. The molecule has 0 saturated heterocycles. The van der Waals surface area contributed by atoms with Crippen molar-refractivity contribution in [3.05, 3.63) is 59.7 Å². The average Bonchev–Trinajstić information content (AvgIpc) is 3.17. The molecule has 188 valence electrons. The highest BCUT2D eigenvalue weighted by Gasteiger charge is 2.29. The van der Waals surface area contributed by atoms with Crippen LogP contribution in [0.25, 0.3) is 11.1 Å². The number of benzene rings is 2. The average molecular weight is 481 g/mol. The molecular formula is C28H36N2O5. The van der Waals surface area contributed by atoms with Crippen molar-refractivity contribution in [2.24, 2.45) is 5.92 Å². The predicted octanol–water partition coefficient (Wildman–Crippen LogP) is 5.09. The van der Waals surface area contributed by atoms with E-state index >= 15 is 0 Å². The second kappa shape index (κ2) is 12.9. The lowest BCUT2D eigenvalue weighted by Crippen LogP contribution is -2.36. The fourth-order valence-electron chi connectivity index (χ4n) is 4.72. The predicted molar refractivity (Wildman–Crippen MR) is 135 cm³/mol. The van der Waals surface area contributed by atoms with Crippen LogP contribution in [0.2, 0.25) is 0 Å². The Morgan fingerprint density at radius 3 is 2.14 bits per heavy atom. The summed E-state index contributed by atoms with van der Waals surface area (Å²) < 4.78 is 5.58. The van der Waals surface area contributed by atoms with Crippen molar-refractivity contribution in [1.82, 2.24) is 10.6 Å². The molecule has 2 aromatic rings. The number of rotatable bonds is 13. The number of hydrogen-bond donors (Lipinski definition) is 3. The molecule has 0 fully saturated rings. The molecule has 0 saturated carbocycles. The third-order valence-corrected chi connectivity index (χ3v) is 6.80. The van der Waals surface area contributed by atoms with Crippen LogP contribution in [0.4, 0.5) is 4.79 Å². The first-order valence-corrected chi connectivity index (χ1v) is 12.5. The zero-order valence-corrected chi connectivity index (χ0v) is 20.6. The van der Waals surface area contributed by atoms with Crippen LogP contribution in [0.15, 0.2) is 48.5 Å². The molecule has 2 amide bonds. The molecule has 3 N–H and O–H groups in total. The van der Waals surface area contributed by atoms with Crippen molar-refractivity contribution >= 4 is 18.0 Å². The summed E-state index contributed by atoms with van der Waals surface area (Å²) in [4.78, 5) is 35.4. The van der Waals surface area contributed by atoms with Gasteiger partial charge in [-0.2, -0.15) is 0 Å². The first-order chi connectivity index (χ1) is 16.9. The highest BCUT2D eigenvalue weighted by molar-refractivity contribution is 5.79. The molecule has 7 nitrogen and oxygen atoms in total. The third kappa shape index (κ3) is 7.31. The SMILES string of the molecule is CCC(CCNC(=O)OCC1c2ccccc2-c2ccccc21)CCC(=O)N[C@@H](CC)CC(=O)O. The minimum Gasteiger partial charge on any atom is -0.481 e. The molecule has 0 aromatic heterocycles. The molecule has 0 radical (unpaired) electrons. The van der Waals surface area contributed by atoms with Gasteiger partial charge in [-0.3, -0.25) is 9.59 Å². The second-order valence-electron chi connectivity index (χ2n) is 9.12. The second-order valence-corrected chi connectivity index (χ2v) is 9.12. The largest absolute Gasteiger partial charge is 0.481 e. The fourth-order valence-corrected chi connectivity index (χ4v) is 4.72. The summed E-state index contributed by atoms with van der Waals surface area (Å²) in [5, 5.41) is 14.6. The smallest absolute Gasteiger partial charge is 0.407 e. The molecule has 0 aliphatic heterocycles. The summed E-state index contributed by atoms with van der Waals surface area (Å²) in [5.74, 6) is -0.721. The first kappa shape index (κ1) is 26.3. The Kier molecular flexibility index (Phi) is 9.70. The van der Waals surface area contributed by atoms with Gasteiger partial charge in [0.05, 0.1) is 6.42 Å². The maximum atomic E-state index is 12.4. The number of carboxylic acid groups (broad SMARTS) is 1. The lowest BCUT2D eigenvalue weighted by Gasteiger charge is -2.18. The van der Waals surface area contributed by atoms with Crippen molar-refractivity contribution < 1.29 is 24.2 Å². The number of carboxylic acids is 1. The van der Waals surface area contributed by atoms with Crippen LogP contribution in [0, 0.1) is 5.92 Å². The van der Waals surface area contributed by atoms with Crippen LogP contribution < -0.4 is 10.6 Å². The van der Waals surface area contributed by atoms with Crippen molar-refractivity contribution in [2.45, 2.75) is 64.3 Å². The van der Waals surface area contributed by atoms with Gasteiger partial charge in [-0.05, 0) is 47.4 Å². The Bertz CT molecular complexity index is 976. The van der Waals surface area contributed by atoms with Crippen LogP contribution in [0.1, 0.15) is 69.4 Å². The van der Waals surface area contributed by atoms with Crippen LogP contribution in [0.3, 0.4) is 0 Å². The molecule has 0 spiro atoms. The van der Waals surface area contributed by atoms with E-state index in [0.29, 0.717) is 25.8 Å². The Morgan fingerprint density at radius 2 is 1.57 bits per heavy atom.